The summed E-state index contributed by atoms with van der Waals surface area (Å²) in [6, 6.07) is 0. The van der Waals surface area contributed by atoms with E-state index in [9.17, 15) is 0 Å². The summed E-state index contributed by atoms with van der Waals surface area (Å²) in [5.74, 6) is 2.09. The lowest BCUT2D eigenvalue weighted by Crippen LogP contribution is -2.40. The van der Waals surface area contributed by atoms with Crippen LogP contribution in [0.25, 0.3) is 0 Å². The smallest absolute Gasteiger partial charge is 0.141 e. The highest BCUT2D eigenvalue weighted by Gasteiger charge is 2.23. The number of nitrogens with one attached hydrogen (secondary N) is 1. The van der Waals surface area contributed by atoms with Crippen LogP contribution < -0.4 is 5.73 Å². The number of piperidine rings is 1. The van der Waals surface area contributed by atoms with Crippen molar-refractivity contribution < 1.29 is 0 Å². The van der Waals surface area contributed by atoms with Crippen molar-refractivity contribution in [3.63, 3.8) is 0 Å². The quantitative estimate of drug-likeness (QED) is 0.616. The van der Waals surface area contributed by atoms with Crippen molar-refractivity contribution >= 4 is 5.84 Å². The zero-order chi connectivity index (χ0) is 13.8. The maximum atomic E-state index is 7.58. The van der Waals surface area contributed by atoms with Crippen molar-refractivity contribution in [1.29, 1.82) is 5.41 Å². The van der Waals surface area contributed by atoms with Crippen LogP contribution >= 0.6 is 0 Å². The van der Waals surface area contributed by atoms with Crippen LogP contribution in [0, 0.1) is 17.2 Å². The predicted octanol–water partition coefficient (Wildman–Crippen LogP) is 1.08. The van der Waals surface area contributed by atoms with Gasteiger partial charge in [0.15, 0.2) is 0 Å². The van der Waals surface area contributed by atoms with Crippen molar-refractivity contribution in [2.75, 3.05) is 13.1 Å². The van der Waals surface area contributed by atoms with E-state index in [-0.39, 0.29) is 5.92 Å². The normalized spacial score (nSPS) is 20.9. The summed E-state index contributed by atoms with van der Waals surface area (Å²) in [6.45, 7) is 7.98. The van der Waals surface area contributed by atoms with Crippen LogP contribution in [0.1, 0.15) is 32.5 Å². The van der Waals surface area contributed by atoms with Gasteiger partial charge >= 0.3 is 0 Å². The van der Waals surface area contributed by atoms with Gasteiger partial charge in [0, 0.05) is 19.0 Å². The molecule has 2 heterocycles. The summed E-state index contributed by atoms with van der Waals surface area (Å²) in [7, 11) is 0. The number of hydrogen-bond acceptors (Lipinski definition) is 4. The second-order valence-electron chi connectivity index (χ2n) is 5.78. The monoisotopic (exact) mass is 264 g/mol. The Morgan fingerprint density at radius 3 is 3.05 bits per heavy atom. The highest BCUT2D eigenvalue weighted by molar-refractivity contribution is 5.79. The Hall–Kier alpha value is -1.43. The van der Waals surface area contributed by atoms with Crippen LogP contribution in [0.2, 0.25) is 0 Å². The van der Waals surface area contributed by atoms with Crippen molar-refractivity contribution in [2.24, 2.45) is 17.6 Å². The number of nitrogens with two attached hydrogens (primary N) is 1. The van der Waals surface area contributed by atoms with Crippen LogP contribution in [0.4, 0.5) is 0 Å². The third-order valence-corrected chi connectivity index (χ3v) is 3.54. The molecule has 0 amide bonds. The molecule has 1 atom stereocenters. The summed E-state index contributed by atoms with van der Waals surface area (Å²) in [5, 5.41) is 11.9. The van der Waals surface area contributed by atoms with Crippen molar-refractivity contribution in [1.82, 2.24) is 19.7 Å². The van der Waals surface area contributed by atoms with Gasteiger partial charge in [-0.1, -0.05) is 13.8 Å². The molecule has 6 nitrogen and oxygen atoms in total. The minimum atomic E-state index is 0.204. The Balaban J connectivity index is 1.97. The van der Waals surface area contributed by atoms with Gasteiger partial charge in [0.05, 0.1) is 12.4 Å². The Kier molecular flexibility index (Phi) is 4.52. The minimum Gasteiger partial charge on any atom is -0.387 e. The van der Waals surface area contributed by atoms with E-state index >= 15 is 0 Å². The van der Waals surface area contributed by atoms with Gasteiger partial charge in [-0.25, -0.2) is 9.67 Å². The van der Waals surface area contributed by atoms with Crippen molar-refractivity contribution in [2.45, 2.75) is 39.8 Å². The summed E-state index contributed by atoms with van der Waals surface area (Å²) in [5.41, 5.74) is 5.62. The van der Waals surface area contributed by atoms with E-state index in [0.29, 0.717) is 11.8 Å². The number of rotatable bonds is 5. The highest BCUT2D eigenvalue weighted by Crippen LogP contribution is 2.17. The average molecular weight is 264 g/mol. The fourth-order valence-electron chi connectivity index (χ4n) is 2.56. The second-order valence-corrected chi connectivity index (χ2v) is 5.78. The molecule has 1 saturated heterocycles. The minimum absolute atomic E-state index is 0.204. The zero-order valence-corrected chi connectivity index (χ0v) is 11.8. The number of likely N-dealkylation sites (tertiary alicyclic amines) is 1. The molecule has 3 N–H and O–H groups in total. The molecular weight excluding hydrogens is 240 g/mol. The Labute approximate surface area is 114 Å². The first-order valence-electron chi connectivity index (χ1n) is 6.99. The largest absolute Gasteiger partial charge is 0.387 e. The molecule has 0 bridgehead atoms. The van der Waals surface area contributed by atoms with E-state index < -0.39 is 0 Å². The van der Waals surface area contributed by atoms with Crippen LogP contribution in [-0.4, -0.2) is 38.6 Å². The molecule has 1 aromatic heterocycles. The lowest BCUT2D eigenvalue weighted by molar-refractivity contribution is 0.187. The molecular formula is C13H24N6. The van der Waals surface area contributed by atoms with E-state index in [2.05, 4.69) is 28.8 Å². The van der Waals surface area contributed by atoms with Gasteiger partial charge in [0.2, 0.25) is 0 Å². The molecule has 0 spiro atoms. The van der Waals surface area contributed by atoms with Gasteiger partial charge in [-0.15, -0.1) is 0 Å². The number of aromatic nitrogens is 3. The maximum absolute atomic E-state index is 7.58. The van der Waals surface area contributed by atoms with Crippen molar-refractivity contribution in [3.05, 3.63) is 12.2 Å². The van der Waals surface area contributed by atoms with E-state index in [1.807, 2.05) is 4.68 Å². The van der Waals surface area contributed by atoms with Crippen LogP contribution in [0.5, 0.6) is 0 Å². The lowest BCUT2D eigenvalue weighted by atomic mass is 9.97. The number of nitrogens with zero attached hydrogens (tertiary/aromatic N) is 4. The molecule has 1 aliphatic heterocycles. The van der Waals surface area contributed by atoms with E-state index in [1.165, 1.54) is 0 Å². The molecule has 6 heteroatoms. The molecule has 0 aromatic carbocycles. The summed E-state index contributed by atoms with van der Waals surface area (Å²) in [4.78, 5) is 6.69. The summed E-state index contributed by atoms with van der Waals surface area (Å²) in [6.07, 6.45) is 3.76. The first kappa shape index (κ1) is 14.0. The van der Waals surface area contributed by atoms with Gasteiger partial charge in [-0.05, 0) is 25.3 Å². The van der Waals surface area contributed by atoms with Crippen LogP contribution in [0.15, 0.2) is 6.33 Å². The molecule has 19 heavy (non-hydrogen) atoms. The summed E-state index contributed by atoms with van der Waals surface area (Å²) >= 11 is 0. The average Bonchev–Trinajstić information content (AvgIpc) is 2.76. The summed E-state index contributed by atoms with van der Waals surface area (Å²) < 4.78 is 1.99. The molecule has 1 aromatic rings. The first-order valence-corrected chi connectivity index (χ1v) is 6.99. The standard InChI is InChI=1S/C13H24N6/c1-10(2)6-19-12(16-9-17-19)8-18-5-3-4-11(7-18)13(14)15/h9-11H,3-8H2,1-2H3,(H3,14,15). The van der Waals surface area contributed by atoms with E-state index in [4.69, 9.17) is 11.1 Å². The van der Waals surface area contributed by atoms with Gasteiger partial charge in [0.1, 0.15) is 12.2 Å². The highest BCUT2D eigenvalue weighted by atomic mass is 15.3. The Morgan fingerprint density at radius 2 is 2.37 bits per heavy atom. The predicted molar refractivity (Wildman–Crippen MR) is 74.8 cm³/mol. The zero-order valence-electron chi connectivity index (χ0n) is 11.8. The fourth-order valence-corrected chi connectivity index (χ4v) is 2.56. The SMILES string of the molecule is CC(C)Cn1ncnc1CN1CCCC(C(=N)N)C1. The molecule has 0 saturated carbocycles. The first-order chi connectivity index (χ1) is 9.06. The molecule has 1 unspecified atom stereocenters. The Morgan fingerprint density at radius 1 is 1.58 bits per heavy atom. The Bertz CT molecular complexity index is 425. The van der Waals surface area contributed by atoms with Gasteiger partial charge < -0.3 is 5.73 Å². The van der Waals surface area contributed by atoms with Crippen LogP contribution in [-0.2, 0) is 13.1 Å². The molecule has 1 fully saturated rings. The number of amidine groups is 1. The van der Waals surface area contributed by atoms with E-state index in [1.54, 1.807) is 6.33 Å². The molecule has 1 aliphatic rings. The topological polar surface area (TPSA) is 83.8 Å². The molecule has 106 valence electrons. The maximum Gasteiger partial charge on any atom is 0.141 e. The lowest BCUT2D eigenvalue weighted by Gasteiger charge is -2.31. The molecule has 0 aliphatic carbocycles. The third-order valence-electron chi connectivity index (χ3n) is 3.54. The van der Waals surface area contributed by atoms with Crippen molar-refractivity contribution in [3.8, 4) is 0 Å². The van der Waals surface area contributed by atoms with Gasteiger partial charge in [-0.2, -0.15) is 5.10 Å². The van der Waals surface area contributed by atoms with Crippen LogP contribution in [0.3, 0.4) is 0 Å². The fraction of sp³-hybridized carbons (Fsp3) is 0.769. The van der Waals surface area contributed by atoms with Gasteiger partial charge in [-0.3, -0.25) is 10.3 Å². The molecule has 2 rings (SSSR count). The third kappa shape index (κ3) is 3.76. The van der Waals surface area contributed by atoms with E-state index in [0.717, 1.165) is 44.8 Å². The van der Waals surface area contributed by atoms with Gasteiger partial charge in [0.25, 0.3) is 0 Å². The molecule has 0 radical (unpaired) electrons. The second kappa shape index (κ2) is 6.14. The number of hydrogen-bond donors (Lipinski definition) is 2.